The zero-order valence-corrected chi connectivity index (χ0v) is 19.5. The summed E-state index contributed by atoms with van der Waals surface area (Å²) in [5.74, 6) is 2.10. The van der Waals surface area contributed by atoms with Crippen LogP contribution in [0.5, 0.6) is 17.5 Å². The minimum Gasteiger partial charge on any atom is -0.463 e. The molecule has 178 valence electrons. The number of anilines is 3. The summed E-state index contributed by atoms with van der Waals surface area (Å²) < 4.78 is 11.6. The number of amides is 1. The van der Waals surface area contributed by atoms with Crippen LogP contribution in [0.3, 0.4) is 0 Å². The van der Waals surface area contributed by atoms with E-state index in [0.717, 1.165) is 36.4 Å². The van der Waals surface area contributed by atoms with Crippen LogP contribution in [0.2, 0.25) is 0 Å². The molecule has 4 N–H and O–H groups in total. The molecule has 0 atom stereocenters. The predicted molar refractivity (Wildman–Crippen MR) is 132 cm³/mol. The molecule has 0 aliphatic carbocycles. The number of benzene rings is 2. The first-order valence-corrected chi connectivity index (χ1v) is 11.4. The number of fused-ring (bicyclic) bond motifs is 1. The first-order valence-electron chi connectivity index (χ1n) is 11.4. The van der Waals surface area contributed by atoms with E-state index in [1.807, 2.05) is 60.5 Å². The van der Waals surface area contributed by atoms with Crippen molar-refractivity contribution in [2.45, 2.75) is 32.9 Å². The van der Waals surface area contributed by atoms with Crippen molar-refractivity contribution in [1.29, 1.82) is 0 Å². The van der Waals surface area contributed by atoms with Crippen molar-refractivity contribution in [3.05, 3.63) is 59.7 Å². The van der Waals surface area contributed by atoms with Crippen LogP contribution in [0.1, 0.15) is 30.9 Å². The smallest absolute Gasteiger partial charge is 0.320 e. The molecule has 1 aliphatic rings. The number of nitrogens with one attached hydrogen (secondary N) is 2. The Bertz CT molecular complexity index is 1120. The third kappa shape index (κ3) is 5.74. The predicted octanol–water partition coefficient (Wildman–Crippen LogP) is 3.71. The van der Waals surface area contributed by atoms with Gasteiger partial charge in [-0.05, 0) is 48.9 Å². The van der Waals surface area contributed by atoms with Gasteiger partial charge in [0.2, 0.25) is 5.91 Å². The van der Waals surface area contributed by atoms with E-state index in [1.54, 1.807) is 0 Å². The van der Waals surface area contributed by atoms with Gasteiger partial charge in [0.05, 0.1) is 13.2 Å². The van der Waals surface area contributed by atoms with Gasteiger partial charge in [0.15, 0.2) is 11.6 Å². The molecule has 0 saturated carbocycles. The lowest BCUT2D eigenvalue weighted by molar-refractivity contribution is -0.115. The molecule has 0 unspecified atom stereocenters. The summed E-state index contributed by atoms with van der Waals surface area (Å²) in [5.41, 5.74) is 8.71. The van der Waals surface area contributed by atoms with Crippen LogP contribution in [0, 0.1) is 0 Å². The van der Waals surface area contributed by atoms with Crippen LogP contribution in [-0.2, 0) is 17.9 Å². The summed E-state index contributed by atoms with van der Waals surface area (Å²) in [7, 11) is 1.92. The first kappa shape index (κ1) is 23.3. The summed E-state index contributed by atoms with van der Waals surface area (Å²) in [6.07, 6.45) is 1.90. The molecule has 2 aromatic carbocycles. The monoisotopic (exact) mass is 462 g/mol. The van der Waals surface area contributed by atoms with Crippen LogP contribution in [-0.4, -0.2) is 36.1 Å². The molecule has 0 saturated heterocycles. The lowest BCUT2D eigenvalue weighted by Crippen LogP contribution is -2.39. The third-order valence-electron chi connectivity index (χ3n) is 5.36. The second kappa shape index (κ2) is 10.8. The lowest BCUT2D eigenvalue weighted by Gasteiger charge is -2.30. The Balaban J connectivity index is 1.46. The highest BCUT2D eigenvalue weighted by molar-refractivity contribution is 6.03. The third-order valence-corrected chi connectivity index (χ3v) is 5.36. The summed E-state index contributed by atoms with van der Waals surface area (Å²) in [5, 5.41) is 5.90. The molecule has 3 aromatic rings. The van der Waals surface area contributed by atoms with E-state index in [1.165, 1.54) is 5.56 Å². The van der Waals surface area contributed by atoms with E-state index < -0.39 is 0 Å². The number of rotatable bonds is 10. The Kier molecular flexibility index (Phi) is 7.44. The van der Waals surface area contributed by atoms with Gasteiger partial charge in [-0.3, -0.25) is 4.79 Å². The number of nitrogens with two attached hydrogens (primary N) is 1. The Hall–Kier alpha value is -3.85. The molecule has 9 nitrogen and oxygen atoms in total. The zero-order chi connectivity index (χ0) is 23.9. The Labute approximate surface area is 199 Å². The Morgan fingerprint density at radius 3 is 2.38 bits per heavy atom. The Morgan fingerprint density at radius 1 is 1.06 bits per heavy atom. The molecule has 34 heavy (non-hydrogen) atoms. The minimum absolute atomic E-state index is 0.162. The van der Waals surface area contributed by atoms with Crippen molar-refractivity contribution >= 4 is 23.2 Å². The van der Waals surface area contributed by atoms with E-state index in [-0.39, 0.29) is 24.3 Å². The molecule has 0 fully saturated rings. The Morgan fingerprint density at radius 2 is 1.74 bits per heavy atom. The minimum atomic E-state index is -0.163. The molecule has 2 heterocycles. The standard InChI is InChI=1S/C25H30N6O3/c1-3-4-13-33-25-29-23(26)22-24(30-25)31(16-21(32)28-22)15-18-7-11-20(12-8-18)34-19-9-5-17(6-10-19)14-27-2/h5-12,27H,3-4,13-16H2,1-2H3,(H,28,32)(H2,26,29,30). The van der Waals surface area contributed by atoms with Crippen molar-refractivity contribution in [3.8, 4) is 17.5 Å². The molecule has 0 bridgehead atoms. The molecular formula is C25H30N6O3. The maximum absolute atomic E-state index is 12.3. The number of carbonyl (C=O) groups excluding carboxylic acids is 1. The van der Waals surface area contributed by atoms with Gasteiger partial charge in [-0.25, -0.2) is 0 Å². The van der Waals surface area contributed by atoms with Crippen LogP contribution in [0.15, 0.2) is 48.5 Å². The van der Waals surface area contributed by atoms with Gasteiger partial charge in [-0.15, -0.1) is 0 Å². The average molecular weight is 463 g/mol. The zero-order valence-electron chi connectivity index (χ0n) is 19.5. The molecule has 9 heteroatoms. The van der Waals surface area contributed by atoms with Crippen LogP contribution in [0.25, 0.3) is 0 Å². The van der Waals surface area contributed by atoms with Crippen LogP contribution < -0.4 is 30.7 Å². The summed E-state index contributed by atoms with van der Waals surface area (Å²) in [4.78, 5) is 22.9. The molecule has 1 aromatic heterocycles. The van der Waals surface area contributed by atoms with Crippen LogP contribution in [0.4, 0.5) is 17.3 Å². The largest absolute Gasteiger partial charge is 0.463 e. The van der Waals surface area contributed by atoms with E-state index >= 15 is 0 Å². The second-order valence-electron chi connectivity index (χ2n) is 8.12. The molecular weight excluding hydrogens is 432 g/mol. The number of hydrogen-bond donors (Lipinski definition) is 3. The van der Waals surface area contributed by atoms with E-state index in [2.05, 4.69) is 27.5 Å². The SMILES string of the molecule is CCCCOc1nc(N)c2c(n1)N(Cc1ccc(Oc3ccc(CNC)cc3)cc1)CC(=O)N2. The quantitative estimate of drug-likeness (QED) is 0.391. The van der Waals surface area contributed by atoms with Gasteiger partial charge in [-0.2, -0.15) is 9.97 Å². The maximum atomic E-state index is 12.3. The van der Waals surface area contributed by atoms with E-state index in [4.69, 9.17) is 15.2 Å². The van der Waals surface area contributed by atoms with Crippen molar-refractivity contribution in [3.63, 3.8) is 0 Å². The number of aromatic nitrogens is 2. The average Bonchev–Trinajstić information content (AvgIpc) is 2.83. The van der Waals surface area contributed by atoms with E-state index in [9.17, 15) is 4.79 Å². The summed E-state index contributed by atoms with van der Waals surface area (Å²) in [6.45, 7) is 4.05. The van der Waals surface area contributed by atoms with E-state index in [0.29, 0.717) is 24.7 Å². The normalized spacial score (nSPS) is 12.8. The summed E-state index contributed by atoms with van der Waals surface area (Å²) in [6, 6.07) is 16.0. The fourth-order valence-corrected chi connectivity index (χ4v) is 3.62. The second-order valence-corrected chi connectivity index (χ2v) is 8.12. The van der Waals surface area contributed by atoms with Crippen LogP contribution >= 0.6 is 0 Å². The maximum Gasteiger partial charge on any atom is 0.320 e. The number of nitrogen functional groups attached to an aromatic ring is 1. The number of nitrogens with zero attached hydrogens (tertiary/aromatic N) is 3. The van der Waals surface area contributed by atoms with Crippen molar-refractivity contribution in [2.75, 3.05) is 36.1 Å². The fraction of sp³-hybridized carbons (Fsp3) is 0.320. The van der Waals surface area contributed by atoms with Gasteiger partial charge in [-0.1, -0.05) is 37.6 Å². The number of unbranched alkanes of at least 4 members (excludes halogenated alkanes) is 1. The molecule has 1 aliphatic heterocycles. The molecule has 4 rings (SSSR count). The van der Waals surface area contributed by atoms with Gasteiger partial charge >= 0.3 is 6.01 Å². The lowest BCUT2D eigenvalue weighted by atomic mass is 10.2. The number of ether oxygens (including phenoxy) is 2. The molecule has 0 radical (unpaired) electrons. The number of carbonyl (C=O) groups is 1. The molecule has 0 spiro atoms. The van der Waals surface area contributed by atoms with Gasteiger partial charge in [0.25, 0.3) is 0 Å². The fourth-order valence-electron chi connectivity index (χ4n) is 3.62. The van der Waals surface area contributed by atoms with Crippen molar-refractivity contribution in [2.24, 2.45) is 0 Å². The van der Waals surface area contributed by atoms with Gasteiger partial charge in [0.1, 0.15) is 17.2 Å². The highest BCUT2D eigenvalue weighted by Gasteiger charge is 2.27. The topological polar surface area (TPSA) is 115 Å². The van der Waals surface area contributed by atoms with Gasteiger partial charge < -0.3 is 30.7 Å². The summed E-state index contributed by atoms with van der Waals surface area (Å²) >= 11 is 0. The first-order chi connectivity index (χ1) is 16.6. The van der Waals surface area contributed by atoms with Gasteiger partial charge in [0, 0.05) is 13.1 Å². The highest BCUT2D eigenvalue weighted by Crippen LogP contribution is 2.34. The highest BCUT2D eigenvalue weighted by atomic mass is 16.5. The van der Waals surface area contributed by atoms with Crippen molar-refractivity contribution < 1.29 is 14.3 Å². The molecule has 1 amide bonds. The van der Waals surface area contributed by atoms with Crippen molar-refractivity contribution in [1.82, 2.24) is 15.3 Å². The number of hydrogen-bond acceptors (Lipinski definition) is 8.